The average Bonchev–Trinajstić information content (AvgIpc) is 3.03. The Morgan fingerprint density at radius 1 is 1.23 bits per heavy atom. The summed E-state index contributed by atoms with van der Waals surface area (Å²) in [6.45, 7) is 11.3. The molecule has 2 heterocycles. The van der Waals surface area contributed by atoms with E-state index < -0.39 is 0 Å². The van der Waals surface area contributed by atoms with Gasteiger partial charge in [0, 0.05) is 44.0 Å². The van der Waals surface area contributed by atoms with Gasteiger partial charge < -0.3 is 20.2 Å². The van der Waals surface area contributed by atoms with E-state index in [1.54, 1.807) is 6.07 Å². The Hall–Kier alpha value is -2.59. The molecule has 0 aromatic heterocycles. The number of likely N-dealkylation sites (tertiary alicyclic amines) is 1. The molecule has 0 unspecified atom stereocenters. The van der Waals surface area contributed by atoms with Crippen molar-refractivity contribution in [3.05, 3.63) is 29.6 Å². The van der Waals surface area contributed by atoms with Gasteiger partial charge in [-0.1, -0.05) is 0 Å². The third kappa shape index (κ3) is 3.89. The van der Waals surface area contributed by atoms with Crippen molar-refractivity contribution in [3.63, 3.8) is 0 Å². The van der Waals surface area contributed by atoms with Crippen LogP contribution >= 0.6 is 0 Å². The minimum Gasteiger partial charge on any atom is -0.393 e. The van der Waals surface area contributed by atoms with E-state index in [0.717, 1.165) is 63.7 Å². The van der Waals surface area contributed by atoms with E-state index in [0.29, 0.717) is 17.9 Å². The lowest BCUT2D eigenvalue weighted by Crippen LogP contribution is -2.50. The number of nitrogens with one attached hydrogen (secondary N) is 1. The van der Waals surface area contributed by atoms with Gasteiger partial charge in [-0.25, -0.2) is 4.85 Å². The second kappa shape index (κ2) is 8.27. The molecule has 4 rings (SSSR count). The van der Waals surface area contributed by atoms with Crippen molar-refractivity contribution < 1.29 is 14.7 Å². The molecule has 1 aromatic carbocycles. The van der Waals surface area contributed by atoms with Gasteiger partial charge in [0.25, 0.3) is 0 Å². The van der Waals surface area contributed by atoms with Gasteiger partial charge in [-0.15, -0.1) is 0 Å². The molecule has 1 aliphatic carbocycles. The molecule has 3 aliphatic rings. The first kappa shape index (κ1) is 20.7. The molecule has 1 aromatic rings. The van der Waals surface area contributed by atoms with Crippen LogP contribution in [0.1, 0.15) is 51.9 Å². The molecule has 30 heavy (non-hydrogen) atoms. The van der Waals surface area contributed by atoms with Crippen molar-refractivity contribution in [2.75, 3.05) is 29.9 Å². The van der Waals surface area contributed by atoms with Gasteiger partial charge in [-0.2, -0.15) is 0 Å². The van der Waals surface area contributed by atoms with Crippen LogP contribution in [0, 0.1) is 12.0 Å². The van der Waals surface area contributed by atoms with Crippen LogP contribution in [0.15, 0.2) is 18.2 Å². The van der Waals surface area contributed by atoms with Crippen molar-refractivity contribution in [2.24, 2.45) is 5.41 Å². The van der Waals surface area contributed by atoms with Crippen LogP contribution in [-0.4, -0.2) is 53.6 Å². The Morgan fingerprint density at radius 3 is 2.70 bits per heavy atom. The van der Waals surface area contributed by atoms with Gasteiger partial charge in [-0.05, 0) is 63.1 Å². The zero-order valence-electron chi connectivity index (χ0n) is 17.6. The molecule has 7 heteroatoms. The number of aliphatic hydroxyl groups is 1. The number of carbonyl (C=O) groups excluding carboxylic acids is 2. The molecule has 1 atom stereocenters. The van der Waals surface area contributed by atoms with Gasteiger partial charge in [0.1, 0.15) is 0 Å². The Labute approximate surface area is 177 Å². The van der Waals surface area contributed by atoms with Gasteiger partial charge in [0.05, 0.1) is 18.1 Å². The summed E-state index contributed by atoms with van der Waals surface area (Å²) in [4.78, 5) is 32.8. The Bertz CT molecular complexity index is 872. The van der Waals surface area contributed by atoms with Crippen LogP contribution in [0.5, 0.6) is 0 Å². The lowest BCUT2D eigenvalue weighted by molar-refractivity contribution is -0.139. The summed E-state index contributed by atoms with van der Waals surface area (Å²) in [7, 11) is 0. The molecule has 0 bridgehead atoms. The molecule has 2 aliphatic heterocycles. The third-order valence-electron chi connectivity index (χ3n) is 6.99. The number of anilines is 2. The van der Waals surface area contributed by atoms with Crippen LogP contribution in [0.2, 0.25) is 0 Å². The highest BCUT2D eigenvalue weighted by molar-refractivity contribution is 5.91. The number of hydrogen-bond donors (Lipinski definition) is 2. The number of nitrogens with zero attached hydrogens (tertiary/aromatic N) is 3. The standard InChI is InChI=1S/C23H30N4O3/c1-16(28)25-17-4-9-21(20(14-17)24-2)26-12-3-10-23(15-26)11-13-27(22(23)30)18-5-7-19(29)8-6-18/h4,9,14,18-19,29H,3,5-8,10-13,15H2,1H3,(H,25,28)/t18?,19?,23-/m1/s1. The van der Waals surface area contributed by atoms with Crippen LogP contribution in [0.25, 0.3) is 4.85 Å². The summed E-state index contributed by atoms with van der Waals surface area (Å²) in [5.74, 6) is 0.0929. The highest BCUT2D eigenvalue weighted by Crippen LogP contribution is 2.45. The minimum absolute atomic E-state index is 0.164. The SMILES string of the molecule is [C-]#[N+]c1cc(NC(C)=O)ccc1N1CCC[C@@]2(CCN(C3CCC(O)CC3)C2=O)C1. The molecule has 2 saturated heterocycles. The maximum atomic E-state index is 13.5. The summed E-state index contributed by atoms with van der Waals surface area (Å²) < 4.78 is 0. The maximum Gasteiger partial charge on any atom is 0.230 e. The monoisotopic (exact) mass is 410 g/mol. The van der Waals surface area contributed by atoms with Crippen molar-refractivity contribution in [1.29, 1.82) is 0 Å². The maximum absolute atomic E-state index is 13.5. The fraction of sp³-hybridized carbons (Fsp3) is 0.609. The highest BCUT2D eigenvalue weighted by Gasteiger charge is 2.50. The number of amides is 2. The molecule has 2 amide bonds. The molecular weight excluding hydrogens is 380 g/mol. The van der Waals surface area contributed by atoms with Crippen LogP contribution in [0.3, 0.4) is 0 Å². The van der Waals surface area contributed by atoms with Gasteiger partial charge >= 0.3 is 0 Å². The van der Waals surface area contributed by atoms with Crippen molar-refractivity contribution in [1.82, 2.24) is 4.90 Å². The molecule has 0 radical (unpaired) electrons. The predicted molar refractivity (Wildman–Crippen MR) is 115 cm³/mol. The summed E-state index contributed by atoms with van der Waals surface area (Å²) >= 11 is 0. The van der Waals surface area contributed by atoms with Gasteiger partial charge in [0.15, 0.2) is 0 Å². The normalized spacial score (nSPS) is 29.2. The number of hydrogen-bond acceptors (Lipinski definition) is 4. The van der Waals surface area contributed by atoms with E-state index in [4.69, 9.17) is 6.57 Å². The van der Waals surface area contributed by atoms with E-state index in [1.807, 2.05) is 12.1 Å². The van der Waals surface area contributed by atoms with Crippen LogP contribution in [-0.2, 0) is 9.59 Å². The Morgan fingerprint density at radius 2 is 2.00 bits per heavy atom. The van der Waals surface area contributed by atoms with E-state index in [9.17, 15) is 14.7 Å². The molecule has 7 nitrogen and oxygen atoms in total. The molecule has 160 valence electrons. The largest absolute Gasteiger partial charge is 0.393 e. The zero-order valence-corrected chi connectivity index (χ0v) is 17.6. The topological polar surface area (TPSA) is 77.2 Å². The number of rotatable bonds is 3. The smallest absolute Gasteiger partial charge is 0.230 e. The summed E-state index contributed by atoms with van der Waals surface area (Å²) in [6, 6.07) is 5.67. The van der Waals surface area contributed by atoms with E-state index >= 15 is 0 Å². The number of piperidine rings is 1. The second-order valence-electron chi connectivity index (χ2n) is 9.01. The number of carbonyl (C=O) groups is 2. The van der Waals surface area contributed by atoms with Crippen molar-refractivity contribution in [3.8, 4) is 0 Å². The average molecular weight is 411 g/mol. The first-order chi connectivity index (χ1) is 14.4. The minimum atomic E-state index is -0.371. The third-order valence-corrected chi connectivity index (χ3v) is 6.99. The van der Waals surface area contributed by atoms with E-state index in [2.05, 4.69) is 20.0 Å². The lowest BCUT2D eigenvalue weighted by atomic mass is 9.78. The Kier molecular flexibility index (Phi) is 5.70. The van der Waals surface area contributed by atoms with Crippen molar-refractivity contribution in [2.45, 2.75) is 64.0 Å². The molecular formula is C23H30N4O3. The van der Waals surface area contributed by atoms with Crippen LogP contribution < -0.4 is 10.2 Å². The van der Waals surface area contributed by atoms with E-state index in [-0.39, 0.29) is 29.4 Å². The first-order valence-corrected chi connectivity index (χ1v) is 10.9. The van der Waals surface area contributed by atoms with Gasteiger partial charge in [-0.3, -0.25) is 9.59 Å². The number of benzene rings is 1. The molecule has 2 N–H and O–H groups in total. The second-order valence-corrected chi connectivity index (χ2v) is 9.01. The fourth-order valence-corrected chi connectivity index (χ4v) is 5.44. The summed E-state index contributed by atoms with van der Waals surface area (Å²) in [5.41, 5.74) is 1.59. The first-order valence-electron chi connectivity index (χ1n) is 10.9. The zero-order chi connectivity index (χ0) is 21.3. The Balaban J connectivity index is 1.52. The summed E-state index contributed by atoms with van der Waals surface area (Å²) in [5, 5.41) is 12.5. The van der Waals surface area contributed by atoms with E-state index in [1.165, 1.54) is 6.92 Å². The quantitative estimate of drug-likeness (QED) is 0.750. The van der Waals surface area contributed by atoms with Gasteiger partial charge in [0.2, 0.25) is 17.5 Å². The lowest BCUT2D eigenvalue weighted by Gasteiger charge is -2.42. The fourth-order valence-electron chi connectivity index (χ4n) is 5.44. The number of aliphatic hydroxyl groups excluding tert-OH is 1. The predicted octanol–water partition coefficient (Wildman–Crippen LogP) is 3.32. The summed E-state index contributed by atoms with van der Waals surface area (Å²) in [6.07, 6.45) is 5.80. The van der Waals surface area contributed by atoms with Crippen LogP contribution in [0.4, 0.5) is 17.1 Å². The molecule has 1 saturated carbocycles. The highest BCUT2D eigenvalue weighted by atomic mass is 16.3. The molecule has 3 fully saturated rings. The molecule has 1 spiro atoms. The van der Waals surface area contributed by atoms with Crippen molar-refractivity contribution >= 4 is 28.9 Å².